The summed E-state index contributed by atoms with van der Waals surface area (Å²) < 4.78 is 26.8. The first kappa shape index (κ1) is 21.2. The van der Waals surface area contributed by atoms with Gasteiger partial charge < -0.3 is 14.8 Å². The Hall–Kier alpha value is -3.36. The fourth-order valence-corrected chi connectivity index (χ4v) is 5.46. The molecule has 172 valence electrons. The summed E-state index contributed by atoms with van der Waals surface area (Å²) >= 11 is 1.58. The Morgan fingerprint density at radius 1 is 1.03 bits per heavy atom. The zero-order chi connectivity index (χ0) is 23.1. The van der Waals surface area contributed by atoms with Crippen molar-refractivity contribution in [3.05, 3.63) is 64.8 Å². The Labute approximate surface area is 199 Å². The fraction of sp³-hybridized carbons (Fsp3) is 0.269. The number of thiophene rings is 1. The zero-order valence-corrected chi connectivity index (χ0v) is 19.2. The number of carbonyl (C=O) groups excluding carboxylic acids is 1. The van der Waals surface area contributed by atoms with Crippen LogP contribution in [0.15, 0.2) is 47.8 Å². The molecule has 6 nitrogen and oxygen atoms in total. The zero-order valence-electron chi connectivity index (χ0n) is 18.3. The van der Waals surface area contributed by atoms with Crippen LogP contribution in [0.2, 0.25) is 0 Å². The molecular formula is C26H22FN3O3S. The SMILES string of the molecule is O=C1Cc2ccc(-c3nnc(-c4ccc(F)cc4OC4CCOCC4)c4sccc34)cc2CN1. The molecule has 2 aliphatic heterocycles. The summed E-state index contributed by atoms with van der Waals surface area (Å²) in [7, 11) is 0. The minimum Gasteiger partial charge on any atom is -0.489 e. The van der Waals surface area contributed by atoms with Crippen molar-refractivity contribution < 1.29 is 18.7 Å². The maximum atomic E-state index is 14.2. The lowest BCUT2D eigenvalue weighted by atomic mass is 9.96. The molecule has 34 heavy (non-hydrogen) atoms. The number of halogens is 1. The Kier molecular flexibility index (Phi) is 5.47. The van der Waals surface area contributed by atoms with Crippen molar-refractivity contribution in [1.29, 1.82) is 0 Å². The van der Waals surface area contributed by atoms with E-state index in [0.717, 1.165) is 50.9 Å². The van der Waals surface area contributed by atoms with E-state index in [1.165, 1.54) is 12.1 Å². The van der Waals surface area contributed by atoms with Crippen molar-refractivity contribution in [2.75, 3.05) is 13.2 Å². The maximum Gasteiger partial charge on any atom is 0.224 e. The number of rotatable bonds is 4. The van der Waals surface area contributed by atoms with Gasteiger partial charge in [-0.25, -0.2) is 4.39 Å². The van der Waals surface area contributed by atoms with Crippen LogP contribution in [0.25, 0.3) is 32.6 Å². The quantitative estimate of drug-likeness (QED) is 0.455. The number of ether oxygens (including phenoxy) is 2. The van der Waals surface area contributed by atoms with Gasteiger partial charge in [0.25, 0.3) is 0 Å². The van der Waals surface area contributed by atoms with Crippen LogP contribution in [-0.4, -0.2) is 35.4 Å². The van der Waals surface area contributed by atoms with Gasteiger partial charge in [-0.15, -0.1) is 21.5 Å². The van der Waals surface area contributed by atoms with Gasteiger partial charge in [0.2, 0.25) is 5.91 Å². The summed E-state index contributed by atoms with van der Waals surface area (Å²) in [4.78, 5) is 11.7. The summed E-state index contributed by atoms with van der Waals surface area (Å²) in [5.74, 6) is 0.176. The third-order valence-corrected chi connectivity index (χ3v) is 7.27. The average molecular weight is 476 g/mol. The molecule has 1 amide bonds. The molecule has 1 N–H and O–H groups in total. The van der Waals surface area contributed by atoms with Crippen molar-refractivity contribution in [3.63, 3.8) is 0 Å². The molecule has 1 fully saturated rings. The molecule has 0 aliphatic carbocycles. The van der Waals surface area contributed by atoms with Crippen LogP contribution in [0.5, 0.6) is 5.75 Å². The lowest BCUT2D eigenvalue weighted by Gasteiger charge is -2.24. The summed E-state index contributed by atoms with van der Waals surface area (Å²) in [6.07, 6.45) is 1.92. The normalized spacial score (nSPS) is 16.3. The van der Waals surface area contributed by atoms with E-state index >= 15 is 0 Å². The Bertz CT molecular complexity index is 1400. The molecule has 8 heteroatoms. The first-order valence-corrected chi connectivity index (χ1v) is 12.2. The van der Waals surface area contributed by atoms with E-state index in [9.17, 15) is 9.18 Å². The van der Waals surface area contributed by atoms with Gasteiger partial charge >= 0.3 is 0 Å². The topological polar surface area (TPSA) is 73.3 Å². The standard InChI is InChI=1S/C26H22FN3O3S/c27-18-3-4-20(22(13-18)33-19-5-8-32-9-6-19)25-26-21(7-10-34-26)24(29-30-25)16-2-1-15-12-23(31)28-14-17(15)11-16/h1-4,7,10-11,13,19H,5-6,8-9,12,14H2,(H,28,31). The van der Waals surface area contributed by atoms with Gasteiger partial charge in [-0.05, 0) is 40.8 Å². The van der Waals surface area contributed by atoms with E-state index < -0.39 is 0 Å². The number of nitrogens with one attached hydrogen (secondary N) is 1. The largest absolute Gasteiger partial charge is 0.489 e. The number of hydrogen-bond donors (Lipinski definition) is 1. The first-order valence-electron chi connectivity index (χ1n) is 11.3. The van der Waals surface area contributed by atoms with Crippen molar-refractivity contribution >= 4 is 27.3 Å². The number of amides is 1. The number of aromatic nitrogens is 2. The average Bonchev–Trinajstić information content (AvgIpc) is 3.34. The monoisotopic (exact) mass is 475 g/mol. The van der Waals surface area contributed by atoms with Crippen LogP contribution in [0, 0.1) is 5.82 Å². The van der Waals surface area contributed by atoms with Gasteiger partial charge in [-0.3, -0.25) is 4.79 Å². The van der Waals surface area contributed by atoms with E-state index in [4.69, 9.17) is 9.47 Å². The van der Waals surface area contributed by atoms with Crippen molar-refractivity contribution in [2.24, 2.45) is 0 Å². The van der Waals surface area contributed by atoms with Crippen LogP contribution in [0.3, 0.4) is 0 Å². The molecule has 4 heterocycles. The molecule has 0 spiro atoms. The number of hydrogen-bond acceptors (Lipinski definition) is 6. The van der Waals surface area contributed by atoms with E-state index in [0.29, 0.717) is 37.6 Å². The van der Waals surface area contributed by atoms with Crippen molar-refractivity contribution in [1.82, 2.24) is 15.5 Å². The Balaban J connectivity index is 1.41. The third-order valence-electron chi connectivity index (χ3n) is 6.35. The molecule has 0 radical (unpaired) electrons. The maximum absolute atomic E-state index is 14.2. The van der Waals surface area contributed by atoms with Crippen molar-refractivity contribution in [2.45, 2.75) is 31.9 Å². The lowest BCUT2D eigenvalue weighted by Crippen LogP contribution is -2.30. The van der Waals surface area contributed by atoms with Gasteiger partial charge in [0.1, 0.15) is 29.1 Å². The van der Waals surface area contributed by atoms with Crippen LogP contribution >= 0.6 is 11.3 Å². The van der Waals surface area contributed by atoms with Crippen LogP contribution < -0.4 is 10.1 Å². The highest BCUT2D eigenvalue weighted by Gasteiger charge is 2.22. The summed E-state index contributed by atoms with van der Waals surface area (Å²) in [6, 6.07) is 12.7. The number of nitrogens with zero attached hydrogens (tertiary/aromatic N) is 2. The van der Waals surface area contributed by atoms with Gasteiger partial charge in [0.05, 0.1) is 24.3 Å². The highest BCUT2D eigenvalue weighted by molar-refractivity contribution is 7.17. The van der Waals surface area contributed by atoms with Gasteiger partial charge in [-0.1, -0.05) is 12.1 Å². The van der Waals surface area contributed by atoms with Crippen LogP contribution in [0.1, 0.15) is 24.0 Å². The molecular weight excluding hydrogens is 453 g/mol. The molecule has 6 rings (SSSR count). The molecule has 4 aromatic rings. The second kappa shape index (κ2) is 8.77. The highest BCUT2D eigenvalue weighted by atomic mass is 32.1. The van der Waals surface area contributed by atoms with Gasteiger partial charge in [0, 0.05) is 42.0 Å². The van der Waals surface area contributed by atoms with Crippen molar-refractivity contribution in [3.8, 4) is 28.3 Å². The molecule has 0 bridgehead atoms. The molecule has 2 aliphatic rings. The highest BCUT2D eigenvalue weighted by Crippen LogP contribution is 2.40. The molecule has 0 atom stereocenters. The van der Waals surface area contributed by atoms with Gasteiger partial charge in [-0.2, -0.15) is 0 Å². The van der Waals surface area contributed by atoms with E-state index in [-0.39, 0.29) is 17.8 Å². The lowest BCUT2D eigenvalue weighted by molar-refractivity contribution is -0.121. The third kappa shape index (κ3) is 3.93. The minimum absolute atomic E-state index is 0.0173. The summed E-state index contributed by atoms with van der Waals surface area (Å²) in [5, 5.41) is 15.1. The number of benzene rings is 2. The van der Waals surface area contributed by atoms with E-state index in [1.807, 2.05) is 23.6 Å². The predicted octanol–water partition coefficient (Wildman–Crippen LogP) is 4.89. The second-order valence-electron chi connectivity index (χ2n) is 8.57. The van der Waals surface area contributed by atoms with Crippen LogP contribution in [-0.2, 0) is 22.5 Å². The first-order chi connectivity index (χ1) is 16.7. The summed E-state index contributed by atoms with van der Waals surface area (Å²) in [5.41, 5.74) is 5.29. The fourth-order valence-electron chi connectivity index (χ4n) is 4.57. The molecule has 0 unspecified atom stereocenters. The number of fused-ring (bicyclic) bond motifs is 2. The second-order valence-corrected chi connectivity index (χ2v) is 9.48. The predicted molar refractivity (Wildman–Crippen MR) is 128 cm³/mol. The van der Waals surface area contributed by atoms with E-state index in [1.54, 1.807) is 17.4 Å². The number of carbonyl (C=O) groups is 1. The molecule has 2 aromatic heterocycles. The molecule has 2 aromatic carbocycles. The van der Waals surface area contributed by atoms with E-state index in [2.05, 4.69) is 21.6 Å². The Morgan fingerprint density at radius 3 is 2.76 bits per heavy atom. The smallest absolute Gasteiger partial charge is 0.224 e. The van der Waals surface area contributed by atoms with Gasteiger partial charge in [0.15, 0.2) is 0 Å². The Morgan fingerprint density at radius 2 is 1.88 bits per heavy atom. The van der Waals surface area contributed by atoms with Crippen LogP contribution in [0.4, 0.5) is 4.39 Å². The molecule has 0 saturated carbocycles. The molecule has 1 saturated heterocycles. The summed E-state index contributed by atoms with van der Waals surface area (Å²) in [6.45, 7) is 1.80. The minimum atomic E-state index is -0.348.